The second-order valence-corrected chi connectivity index (χ2v) is 9.71. The zero-order chi connectivity index (χ0) is 24.0. The van der Waals surface area contributed by atoms with Gasteiger partial charge in [-0.15, -0.1) is 0 Å². The molecule has 0 aromatic heterocycles. The average molecular weight is 478 g/mol. The molecule has 1 atom stereocenters. The van der Waals surface area contributed by atoms with Gasteiger partial charge in [-0.25, -0.2) is 4.39 Å². The SMILES string of the molecule is CN1CCC(CC(=O)N2CCOC(COc3ccc(F)cc3)(CC(=O)N3CCOCC3)C2)CC1. The van der Waals surface area contributed by atoms with Crippen molar-refractivity contribution in [2.45, 2.75) is 31.3 Å². The van der Waals surface area contributed by atoms with Gasteiger partial charge >= 0.3 is 0 Å². The molecule has 3 aliphatic rings. The minimum absolute atomic E-state index is 0.0318. The smallest absolute Gasteiger partial charge is 0.225 e. The predicted octanol–water partition coefficient (Wildman–Crippen LogP) is 1.78. The first-order valence-corrected chi connectivity index (χ1v) is 12.3. The molecule has 3 fully saturated rings. The standard InChI is InChI=1S/C25H36FN3O5/c1-27-8-6-20(7-9-27)16-23(30)29-12-15-34-25(18-29,17-24(31)28-10-13-32-14-11-28)19-33-22-4-2-21(26)3-5-22/h2-5,20H,6-19H2,1H3. The van der Waals surface area contributed by atoms with E-state index in [1.807, 2.05) is 4.90 Å². The van der Waals surface area contributed by atoms with E-state index in [2.05, 4.69) is 11.9 Å². The molecule has 0 N–H and O–H groups in total. The molecule has 2 amide bonds. The zero-order valence-electron chi connectivity index (χ0n) is 20.0. The molecular formula is C25H36FN3O5. The molecule has 3 heterocycles. The summed E-state index contributed by atoms with van der Waals surface area (Å²) in [6.07, 6.45) is 2.70. The van der Waals surface area contributed by atoms with E-state index in [-0.39, 0.29) is 30.7 Å². The number of hydrogen-bond donors (Lipinski definition) is 0. The molecular weight excluding hydrogens is 441 g/mol. The second-order valence-electron chi connectivity index (χ2n) is 9.71. The summed E-state index contributed by atoms with van der Waals surface area (Å²) in [6.45, 7) is 5.44. The van der Waals surface area contributed by atoms with Crippen molar-refractivity contribution in [1.82, 2.24) is 14.7 Å². The van der Waals surface area contributed by atoms with E-state index in [0.29, 0.717) is 64.1 Å². The monoisotopic (exact) mass is 477 g/mol. The van der Waals surface area contributed by atoms with Crippen LogP contribution >= 0.6 is 0 Å². The maximum absolute atomic E-state index is 13.3. The van der Waals surface area contributed by atoms with E-state index in [1.165, 1.54) is 12.1 Å². The normalized spacial score (nSPS) is 24.8. The lowest BCUT2D eigenvalue weighted by Gasteiger charge is -2.43. The predicted molar refractivity (Wildman–Crippen MR) is 124 cm³/mol. The maximum atomic E-state index is 13.3. The Balaban J connectivity index is 1.43. The lowest BCUT2D eigenvalue weighted by molar-refractivity contribution is -0.167. The summed E-state index contributed by atoms with van der Waals surface area (Å²) in [4.78, 5) is 32.2. The number of likely N-dealkylation sites (tertiary alicyclic amines) is 1. The molecule has 1 unspecified atom stereocenters. The summed E-state index contributed by atoms with van der Waals surface area (Å²) in [5.74, 6) is 0.631. The van der Waals surface area contributed by atoms with Crippen molar-refractivity contribution in [2.24, 2.45) is 5.92 Å². The quantitative estimate of drug-likeness (QED) is 0.596. The van der Waals surface area contributed by atoms with Crippen molar-refractivity contribution in [3.8, 4) is 5.75 Å². The first kappa shape index (κ1) is 24.9. The van der Waals surface area contributed by atoms with Gasteiger partial charge in [0, 0.05) is 26.1 Å². The van der Waals surface area contributed by atoms with E-state index in [1.54, 1.807) is 17.0 Å². The molecule has 4 rings (SSSR count). The summed E-state index contributed by atoms with van der Waals surface area (Å²) in [5.41, 5.74) is -0.954. The molecule has 0 saturated carbocycles. The van der Waals surface area contributed by atoms with Crippen molar-refractivity contribution in [1.29, 1.82) is 0 Å². The van der Waals surface area contributed by atoms with Gasteiger partial charge < -0.3 is 28.9 Å². The highest BCUT2D eigenvalue weighted by atomic mass is 19.1. The Morgan fingerprint density at radius 3 is 2.38 bits per heavy atom. The van der Waals surface area contributed by atoms with Gasteiger partial charge in [-0.2, -0.15) is 0 Å². The lowest BCUT2D eigenvalue weighted by Crippen LogP contribution is -2.59. The zero-order valence-corrected chi connectivity index (χ0v) is 20.0. The number of benzene rings is 1. The molecule has 1 aromatic carbocycles. The van der Waals surface area contributed by atoms with Crippen LogP contribution in [-0.2, 0) is 19.1 Å². The Morgan fingerprint density at radius 1 is 1.00 bits per heavy atom. The van der Waals surface area contributed by atoms with Crippen molar-refractivity contribution in [3.63, 3.8) is 0 Å². The molecule has 188 valence electrons. The van der Waals surface area contributed by atoms with Gasteiger partial charge in [0.2, 0.25) is 11.8 Å². The van der Waals surface area contributed by atoms with E-state index < -0.39 is 5.60 Å². The Hall–Kier alpha value is -2.23. The highest BCUT2D eigenvalue weighted by Crippen LogP contribution is 2.28. The molecule has 0 bridgehead atoms. The number of ether oxygens (including phenoxy) is 3. The minimum Gasteiger partial charge on any atom is -0.490 e. The third-order valence-electron chi connectivity index (χ3n) is 7.06. The molecule has 8 nitrogen and oxygen atoms in total. The summed E-state index contributed by atoms with van der Waals surface area (Å²) >= 11 is 0. The van der Waals surface area contributed by atoms with Crippen LogP contribution in [0, 0.1) is 11.7 Å². The number of nitrogens with zero attached hydrogens (tertiary/aromatic N) is 3. The van der Waals surface area contributed by atoms with E-state index in [4.69, 9.17) is 14.2 Å². The van der Waals surface area contributed by atoms with Crippen LogP contribution in [0.15, 0.2) is 24.3 Å². The number of hydrogen-bond acceptors (Lipinski definition) is 6. The van der Waals surface area contributed by atoms with Gasteiger partial charge in [0.25, 0.3) is 0 Å². The van der Waals surface area contributed by atoms with E-state index in [9.17, 15) is 14.0 Å². The Bertz CT molecular complexity index is 824. The van der Waals surface area contributed by atoms with Crippen molar-refractivity contribution >= 4 is 11.8 Å². The molecule has 0 aliphatic carbocycles. The topological polar surface area (TPSA) is 71.6 Å². The average Bonchev–Trinajstić information content (AvgIpc) is 2.86. The molecule has 9 heteroatoms. The van der Waals surface area contributed by atoms with E-state index >= 15 is 0 Å². The third kappa shape index (κ3) is 6.67. The van der Waals surface area contributed by atoms with Gasteiger partial charge in [-0.3, -0.25) is 9.59 Å². The van der Waals surface area contributed by atoms with Crippen LogP contribution in [0.25, 0.3) is 0 Å². The van der Waals surface area contributed by atoms with Gasteiger partial charge in [0.05, 0.1) is 32.8 Å². The maximum Gasteiger partial charge on any atom is 0.225 e. The number of amides is 2. The van der Waals surface area contributed by atoms with Crippen LogP contribution < -0.4 is 4.74 Å². The number of carbonyl (C=O) groups excluding carboxylic acids is 2. The number of piperidine rings is 1. The van der Waals surface area contributed by atoms with E-state index in [0.717, 1.165) is 25.9 Å². The Morgan fingerprint density at radius 2 is 1.68 bits per heavy atom. The fourth-order valence-corrected chi connectivity index (χ4v) is 4.89. The summed E-state index contributed by atoms with van der Waals surface area (Å²) < 4.78 is 30.8. The molecule has 0 radical (unpaired) electrons. The number of rotatable bonds is 7. The van der Waals surface area contributed by atoms with Gasteiger partial charge in [0.1, 0.15) is 23.8 Å². The first-order chi connectivity index (χ1) is 16.4. The highest BCUT2D eigenvalue weighted by molar-refractivity contribution is 5.79. The molecule has 3 aliphatic heterocycles. The largest absolute Gasteiger partial charge is 0.490 e. The molecule has 3 saturated heterocycles. The molecule has 0 spiro atoms. The Labute approximate surface area is 200 Å². The van der Waals surface area contributed by atoms with Gasteiger partial charge in [-0.1, -0.05) is 0 Å². The van der Waals surface area contributed by atoms with Crippen LogP contribution in [0.2, 0.25) is 0 Å². The number of halogens is 1. The van der Waals surface area contributed by atoms with Crippen LogP contribution in [0.4, 0.5) is 4.39 Å². The van der Waals surface area contributed by atoms with Crippen LogP contribution in [0.5, 0.6) is 5.75 Å². The summed E-state index contributed by atoms with van der Waals surface area (Å²) in [5, 5.41) is 0. The highest BCUT2D eigenvalue weighted by Gasteiger charge is 2.42. The fourth-order valence-electron chi connectivity index (χ4n) is 4.89. The third-order valence-corrected chi connectivity index (χ3v) is 7.06. The summed E-state index contributed by atoms with van der Waals surface area (Å²) in [6, 6.07) is 5.78. The van der Waals surface area contributed by atoms with Crippen molar-refractivity contribution in [3.05, 3.63) is 30.1 Å². The lowest BCUT2D eigenvalue weighted by atomic mass is 9.92. The number of morpholine rings is 2. The van der Waals surface area contributed by atoms with Crippen LogP contribution in [0.3, 0.4) is 0 Å². The molecule has 34 heavy (non-hydrogen) atoms. The van der Waals surface area contributed by atoms with Crippen molar-refractivity contribution in [2.75, 3.05) is 72.7 Å². The fraction of sp³-hybridized carbons (Fsp3) is 0.680. The molecule has 1 aromatic rings. The summed E-state index contributed by atoms with van der Waals surface area (Å²) in [7, 11) is 2.11. The van der Waals surface area contributed by atoms with Crippen molar-refractivity contribution < 1.29 is 28.2 Å². The van der Waals surface area contributed by atoms with Crippen LogP contribution in [0.1, 0.15) is 25.7 Å². The van der Waals surface area contributed by atoms with Crippen LogP contribution in [-0.4, -0.2) is 105 Å². The second kappa shape index (κ2) is 11.5. The first-order valence-electron chi connectivity index (χ1n) is 12.3. The number of carbonyl (C=O) groups is 2. The minimum atomic E-state index is -0.954. The van der Waals surface area contributed by atoms with Gasteiger partial charge in [0.15, 0.2) is 0 Å². The Kier molecular flexibility index (Phi) is 8.39. The van der Waals surface area contributed by atoms with Gasteiger partial charge in [-0.05, 0) is 63.2 Å².